The quantitative estimate of drug-likeness (QED) is 0.132. The number of benzene rings is 4. The number of rotatable bonds is 3. The van der Waals surface area contributed by atoms with Crippen molar-refractivity contribution in [3.05, 3.63) is 128 Å². The maximum absolute atomic E-state index is 6.23. The third-order valence-corrected chi connectivity index (χ3v) is 13.0. The largest absolute Gasteiger partial charge is 0.305 e. The molecule has 4 aromatic heterocycles. The van der Waals surface area contributed by atoms with Crippen LogP contribution < -0.4 is 4.40 Å². The second-order valence-electron chi connectivity index (χ2n) is 11.3. The molecule has 0 amide bonds. The molecule has 0 fully saturated rings. The van der Waals surface area contributed by atoms with Gasteiger partial charge >= 0.3 is 138 Å². The van der Waals surface area contributed by atoms with Gasteiger partial charge in [0, 0.05) is 31.0 Å². The van der Waals surface area contributed by atoms with E-state index in [1.54, 1.807) is 6.20 Å². The fraction of sp³-hybridized carbons (Fsp3) is 0.0811. The van der Waals surface area contributed by atoms with E-state index in [0.29, 0.717) is 0 Å². The van der Waals surface area contributed by atoms with Crippen molar-refractivity contribution in [3.8, 4) is 22.5 Å². The van der Waals surface area contributed by atoms with E-state index in [1.807, 2.05) is 66.1 Å². The third kappa shape index (κ3) is 5.71. The summed E-state index contributed by atoms with van der Waals surface area (Å²) in [6.07, 6.45) is 3.63. The molecule has 0 aliphatic rings. The van der Waals surface area contributed by atoms with E-state index in [-0.39, 0.29) is 20.1 Å². The van der Waals surface area contributed by atoms with Crippen LogP contribution in [0.25, 0.3) is 64.6 Å². The van der Waals surface area contributed by atoms with Crippen LogP contribution in [0.3, 0.4) is 0 Å². The predicted octanol–water partition coefficient (Wildman–Crippen LogP) is 9.91. The Morgan fingerprint density at radius 3 is 2.00 bits per heavy atom. The Labute approximate surface area is 271 Å². The van der Waals surface area contributed by atoms with Gasteiger partial charge in [-0.25, -0.2) is 0 Å². The number of pyridine rings is 2. The first-order valence-electron chi connectivity index (χ1n) is 14.0. The molecule has 0 saturated carbocycles. The molecule has 213 valence electrons. The number of fused-ring (bicyclic) bond motifs is 6. The Hall–Kier alpha value is -3.61. The fourth-order valence-corrected chi connectivity index (χ4v) is 8.92. The van der Waals surface area contributed by atoms with Crippen LogP contribution in [0.2, 0.25) is 17.3 Å². The molecule has 0 N–H and O–H groups in total. The van der Waals surface area contributed by atoms with Gasteiger partial charge in [0.25, 0.3) is 0 Å². The molecule has 4 aromatic carbocycles. The number of aromatic nitrogens is 2. The van der Waals surface area contributed by atoms with Gasteiger partial charge in [0.15, 0.2) is 0 Å². The number of nitrogens with zero attached hydrogens (tertiary/aromatic N) is 2. The van der Waals surface area contributed by atoms with Crippen LogP contribution in [-0.2, 0) is 20.1 Å². The predicted molar refractivity (Wildman–Crippen MR) is 180 cm³/mol. The zero-order valence-corrected chi connectivity index (χ0v) is 29.3. The Bertz CT molecular complexity index is 2180. The van der Waals surface area contributed by atoms with Crippen molar-refractivity contribution in [2.75, 3.05) is 0 Å². The van der Waals surface area contributed by atoms with Crippen molar-refractivity contribution >= 4 is 71.1 Å². The number of hydrogen-bond donors (Lipinski definition) is 0. The minimum Gasteiger partial charge on any atom is -0.305 e. The van der Waals surface area contributed by atoms with Crippen LogP contribution in [-0.4, -0.2) is 23.2 Å². The summed E-state index contributed by atoms with van der Waals surface area (Å²) in [6.45, 7) is 0. The van der Waals surface area contributed by atoms with Crippen LogP contribution in [0.4, 0.5) is 0 Å². The van der Waals surface area contributed by atoms with Crippen molar-refractivity contribution < 1.29 is 24.5 Å². The van der Waals surface area contributed by atoms with Crippen molar-refractivity contribution in [2.45, 2.75) is 17.3 Å². The van der Waals surface area contributed by atoms with Gasteiger partial charge in [-0.05, 0) is 27.9 Å². The zero-order valence-electron chi connectivity index (χ0n) is 24.0. The Morgan fingerprint density at radius 1 is 0.651 bits per heavy atom. The molecular formula is C37H28GeIrN2OS-2. The maximum atomic E-state index is 6.23. The van der Waals surface area contributed by atoms with E-state index in [0.717, 1.165) is 39.1 Å². The minimum absolute atomic E-state index is 0. The summed E-state index contributed by atoms with van der Waals surface area (Å²) < 4.78 is 10.3. The van der Waals surface area contributed by atoms with Gasteiger partial charge < -0.3 is 4.98 Å². The van der Waals surface area contributed by atoms with E-state index in [2.05, 4.69) is 94.0 Å². The Balaban J connectivity index is 0.000000152. The van der Waals surface area contributed by atoms with Gasteiger partial charge in [0.1, 0.15) is 0 Å². The zero-order chi connectivity index (χ0) is 28.7. The third-order valence-electron chi connectivity index (χ3n) is 7.48. The van der Waals surface area contributed by atoms with Crippen LogP contribution in [0.5, 0.6) is 0 Å². The fourth-order valence-electron chi connectivity index (χ4n) is 5.30. The summed E-state index contributed by atoms with van der Waals surface area (Å²) >= 11 is -0.0554. The first kappa shape index (κ1) is 29.5. The van der Waals surface area contributed by atoms with Crippen LogP contribution in [0.1, 0.15) is 0 Å². The molecule has 4 heterocycles. The molecule has 1 radical (unpaired) electrons. The Kier molecular flexibility index (Phi) is 8.34. The SMILES string of the molecule is [CH3][Ge]([CH3])([CH3])[c]1ccc2c(c1)oc1c(-c3ccccn3)[c-]ccc12.[Ir].[c-]1ccc2c(sc3ccccc32)c1-c1ccccn1. The number of thiophene rings is 1. The molecule has 0 spiro atoms. The summed E-state index contributed by atoms with van der Waals surface area (Å²) in [5, 5.41) is 4.91. The number of hydrogen-bond acceptors (Lipinski definition) is 4. The normalized spacial score (nSPS) is 11.4. The van der Waals surface area contributed by atoms with E-state index in [9.17, 15) is 0 Å². The van der Waals surface area contributed by atoms with E-state index in [4.69, 9.17) is 4.42 Å². The molecule has 43 heavy (non-hydrogen) atoms. The molecule has 0 aliphatic carbocycles. The van der Waals surface area contributed by atoms with Gasteiger partial charge in [-0.3, -0.25) is 0 Å². The van der Waals surface area contributed by atoms with Crippen molar-refractivity contribution in [1.82, 2.24) is 9.97 Å². The monoisotopic (exact) mass is 815 g/mol. The summed E-state index contributed by atoms with van der Waals surface area (Å²) in [6, 6.07) is 41.9. The second-order valence-corrected chi connectivity index (χ2v) is 23.0. The number of furan rings is 1. The van der Waals surface area contributed by atoms with Gasteiger partial charge in [0.2, 0.25) is 0 Å². The van der Waals surface area contributed by atoms with Crippen molar-refractivity contribution in [3.63, 3.8) is 0 Å². The summed E-state index contributed by atoms with van der Waals surface area (Å²) in [5.41, 5.74) is 5.75. The Morgan fingerprint density at radius 2 is 1.30 bits per heavy atom. The first-order valence-corrected chi connectivity index (χ1v) is 22.2. The summed E-state index contributed by atoms with van der Waals surface area (Å²) in [7, 11) is 0. The molecule has 0 aliphatic heterocycles. The molecular weight excluding hydrogens is 785 g/mol. The van der Waals surface area contributed by atoms with Gasteiger partial charge in [-0.15, -0.1) is 23.8 Å². The molecule has 3 nitrogen and oxygen atoms in total. The molecule has 8 aromatic rings. The average molecular weight is 814 g/mol. The van der Waals surface area contributed by atoms with Crippen molar-refractivity contribution in [1.29, 1.82) is 0 Å². The molecule has 0 unspecified atom stereocenters. The topological polar surface area (TPSA) is 38.9 Å². The van der Waals surface area contributed by atoms with Gasteiger partial charge in [0.05, 0.1) is 0 Å². The van der Waals surface area contributed by atoms with Gasteiger partial charge in [-0.2, -0.15) is 11.3 Å². The molecule has 0 atom stereocenters. The van der Waals surface area contributed by atoms with E-state index in [1.165, 1.54) is 30.0 Å². The van der Waals surface area contributed by atoms with Crippen LogP contribution in [0.15, 0.2) is 120 Å². The smallest absolute Gasteiger partial charge is 0.0239 e. The van der Waals surface area contributed by atoms with E-state index >= 15 is 0 Å². The van der Waals surface area contributed by atoms with Gasteiger partial charge in [-0.1, -0.05) is 35.7 Å². The maximum Gasteiger partial charge on any atom is 0.0239 e. The van der Waals surface area contributed by atoms with Crippen LogP contribution >= 0.6 is 11.3 Å². The van der Waals surface area contributed by atoms with Crippen molar-refractivity contribution in [2.24, 2.45) is 0 Å². The molecule has 0 saturated heterocycles. The summed E-state index contributed by atoms with van der Waals surface area (Å²) in [4.78, 5) is 8.89. The van der Waals surface area contributed by atoms with Crippen LogP contribution in [0, 0.1) is 12.1 Å². The minimum atomic E-state index is -1.87. The average Bonchev–Trinajstić information content (AvgIpc) is 3.60. The standard InChI is InChI=1S/C20H18GeNO.C17H10NS.Ir/c1-21(2,3)14-10-11-15-16-7-6-8-17(18-9-4-5-12-22-18)20(16)23-19(15)13-14;1-2-10-16-12(6-1)13-7-5-8-14(17(13)19-16)15-9-3-4-11-18-15;/h4-7,9-13H,1-3H3;1-7,9-11H;/q2*-1;. The second kappa shape index (κ2) is 12.2. The molecule has 6 heteroatoms. The molecule has 8 rings (SSSR count). The molecule has 0 bridgehead atoms. The first-order chi connectivity index (χ1) is 20.5. The summed E-state index contributed by atoms with van der Waals surface area (Å²) in [5.74, 6) is 7.20. The van der Waals surface area contributed by atoms with E-state index < -0.39 is 13.3 Å².